The first-order valence-electron chi connectivity index (χ1n) is 9.11. The standard InChI is InChI=1S/C22H26N2O3/c1-16-2-11-21(24-16)18-5-9-20(10-6-18)27-19-7-3-17(4-8-19)12-13-22(23,14-25)15-26/h2-11,24-26H,12-15,23H2,1H3/p+1. The maximum atomic E-state index is 9.32. The number of quaternary nitrogens is 1. The number of aryl methyl sites for hydroxylation is 2. The number of hydrogen-bond donors (Lipinski definition) is 4. The monoisotopic (exact) mass is 367 g/mol. The molecule has 142 valence electrons. The van der Waals surface area contributed by atoms with Crippen molar-refractivity contribution >= 4 is 0 Å². The number of ether oxygens (including phenoxy) is 1. The molecule has 1 aromatic heterocycles. The minimum absolute atomic E-state index is 0.122. The van der Waals surface area contributed by atoms with Crippen molar-refractivity contribution in [1.29, 1.82) is 0 Å². The second-order valence-corrected chi connectivity index (χ2v) is 7.14. The minimum Gasteiger partial charge on any atom is -0.457 e. The highest BCUT2D eigenvalue weighted by atomic mass is 16.5. The van der Waals surface area contributed by atoms with Crippen LogP contribution >= 0.6 is 0 Å². The van der Waals surface area contributed by atoms with Gasteiger partial charge in [-0.1, -0.05) is 12.1 Å². The molecule has 0 radical (unpaired) electrons. The number of hydrogen-bond acceptors (Lipinski definition) is 3. The third kappa shape index (κ3) is 4.98. The summed E-state index contributed by atoms with van der Waals surface area (Å²) in [6.07, 6.45) is 1.37. The number of aromatic amines is 1. The van der Waals surface area contributed by atoms with Crippen LogP contribution in [0.3, 0.4) is 0 Å². The van der Waals surface area contributed by atoms with E-state index in [2.05, 4.69) is 22.9 Å². The van der Waals surface area contributed by atoms with Crippen LogP contribution in [0.1, 0.15) is 17.7 Å². The highest BCUT2D eigenvalue weighted by Gasteiger charge is 2.26. The fourth-order valence-corrected chi connectivity index (χ4v) is 2.85. The highest BCUT2D eigenvalue weighted by Crippen LogP contribution is 2.26. The van der Waals surface area contributed by atoms with Crippen molar-refractivity contribution in [3.05, 3.63) is 71.9 Å². The summed E-state index contributed by atoms with van der Waals surface area (Å²) in [5, 5.41) is 18.6. The first-order chi connectivity index (χ1) is 13.0. The Morgan fingerprint density at radius 3 is 2.00 bits per heavy atom. The summed E-state index contributed by atoms with van der Waals surface area (Å²) >= 11 is 0. The number of benzene rings is 2. The lowest BCUT2D eigenvalue weighted by atomic mass is 9.94. The summed E-state index contributed by atoms with van der Waals surface area (Å²) in [7, 11) is 0. The molecule has 0 atom stereocenters. The molecule has 0 fully saturated rings. The van der Waals surface area contributed by atoms with Gasteiger partial charge in [-0.05, 0) is 73.0 Å². The second-order valence-electron chi connectivity index (χ2n) is 7.14. The zero-order valence-electron chi connectivity index (χ0n) is 15.6. The summed E-state index contributed by atoms with van der Waals surface area (Å²) in [4.78, 5) is 3.32. The van der Waals surface area contributed by atoms with Crippen LogP contribution in [-0.2, 0) is 6.42 Å². The molecule has 27 heavy (non-hydrogen) atoms. The largest absolute Gasteiger partial charge is 0.457 e. The molecule has 0 amide bonds. The Hall–Kier alpha value is -2.60. The molecule has 5 nitrogen and oxygen atoms in total. The van der Waals surface area contributed by atoms with E-state index in [4.69, 9.17) is 4.74 Å². The first kappa shape index (κ1) is 19.2. The number of aliphatic hydroxyl groups is 2. The smallest absolute Gasteiger partial charge is 0.141 e. The van der Waals surface area contributed by atoms with E-state index in [1.807, 2.05) is 55.5 Å². The van der Waals surface area contributed by atoms with Crippen LogP contribution in [-0.4, -0.2) is 33.9 Å². The van der Waals surface area contributed by atoms with Crippen molar-refractivity contribution in [1.82, 2.24) is 4.98 Å². The Balaban J connectivity index is 1.59. The van der Waals surface area contributed by atoms with Gasteiger partial charge in [0.25, 0.3) is 0 Å². The van der Waals surface area contributed by atoms with Gasteiger partial charge in [0.05, 0.1) is 0 Å². The van der Waals surface area contributed by atoms with E-state index in [1.54, 1.807) is 0 Å². The fourth-order valence-electron chi connectivity index (χ4n) is 2.85. The predicted octanol–water partition coefficient (Wildman–Crippen LogP) is 2.68. The summed E-state index contributed by atoms with van der Waals surface area (Å²) in [6, 6.07) is 20.0. The summed E-state index contributed by atoms with van der Waals surface area (Å²) in [5.74, 6) is 1.56. The maximum absolute atomic E-state index is 9.32. The van der Waals surface area contributed by atoms with Gasteiger partial charge >= 0.3 is 0 Å². The lowest BCUT2D eigenvalue weighted by molar-refractivity contribution is -0.491. The summed E-state index contributed by atoms with van der Waals surface area (Å²) in [6.45, 7) is 1.79. The van der Waals surface area contributed by atoms with E-state index < -0.39 is 5.54 Å². The maximum Gasteiger partial charge on any atom is 0.141 e. The molecule has 2 aromatic carbocycles. The quantitative estimate of drug-likeness (QED) is 0.493. The van der Waals surface area contributed by atoms with E-state index in [-0.39, 0.29) is 13.2 Å². The van der Waals surface area contributed by atoms with E-state index in [1.165, 1.54) is 0 Å². The zero-order chi connectivity index (χ0) is 19.3. The molecule has 0 unspecified atom stereocenters. The molecule has 0 saturated carbocycles. The minimum atomic E-state index is -0.686. The molecule has 1 heterocycles. The second kappa shape index (κ2) is 8.39. The van der Waals surface area contributed by atoms with Gasteiger partial charge in [0.2, 0.25) is 0 Å². The Kier molecular flexibility index (Phi) is 5.96. The Labute approximate surface area is 159 Å². The van der Waals surface area contributed by atoms with Gasteiger partial charge in [-0.3, -0.25) is 0 Å². The molecule has 0 spiro atoms. The van der Waals surface area contributed by atoms with Crippen LogP contribution in [0, 0.1) is 6.92 Å². The molecule has 5 heteroatoms. The topological polar surface area (TPSA) is 93.1 Å². The van der Waals surface area contributed by atoms with Gasteiger partial charge in [0.1, 0.15) is 30.3 Å². The van der Waals surface area contributed by atoms with Crippen molar-refractivity contribution in [3.8, 4) is 22.8 Å². The zero-order valence-corrected chi connectivity index (χ0v) is 15.6. The predicted molar refractivity (Wildman–Crippen MR) is 106 cm³/mol. The van der Waals surface area contributed by atoms with Gasteiger partial charge in [-0.15, -0.1) is 0 Å². The molecule has 6 N–H and O–H groups in total. The molecule has 0 aliphatic rings. The Morgan fingerprint density at radius 1 is 0.889 bits per heavy atom. The van der Waals surface area contributed by atoms with Crippen molar-refractivity contribution < 1.29 is 20.7 Å². The van der Waals surface area contributed by atoms with Gasteiger partial charge in [0.15, 0.2) is 0 Å². The molecule has 0 aliphatic carbocycles. The van der Waals surface area contributed by atoms with E-state index in [0.29, 0.717) is 6.42 Å². The normalized spacial score (nSPS) is 11.6. The van der Waals surface area contributed by atoms with Crippen LogP contribution in [0.25, 0.3) is 11.3 Å². The number of rotatable bonds is 8. The molecule has 0 saturated heterocycles. The van der Waals surface area contributed by atoms with Crippen LogP contribution in [0.5, 0.6) is 11.5 Å². The third-order valence-corrected chi connectivity index (χ3v) is 4.77. The third-order valence-electron chi connectivity index (χ3n) is 4.77. The van der Waals surface area contributed by atoms with Crippen molar-refractivity contribution in [2.24, 2.45) is 0 Å². The van der Waals surface area contributed by atoms with Gasteiger partial charge < -0.3 is 25.7 Å². The molecular weight excluding hydrogens is 340 g/mol. The van der Waals surface area contributed by atoms with Gasteiger partial charge in [-0.2, -0.15) is 0 Å². The van der Waals surface area contributed by atoms with Crippen LogP contribution < -0.4 is 10.5 Å². The fraction of sp³-hybridized carbons (Fsp3) is 0.273. The van der Waals surface area contributed by atoms with Crippen molar-refractivity contribution in [2.75, 3.05) is 13.2 Å². The average molecular weight is 367 g/mol. The molecular formula is C22H27N2O3+. The Morgan fingerprint density at radius 2 is 1.48 bits per heavy atom. The number of aromatic nitrogens is 1. The van der Waals surface area contributed by atoms with Crippen molar-refractivity contribution in [3.63, 3.8) is 0 Å². The van der Waals surface area contributed by atoms with Gasteiger partial charge in [-0.25, -0.2) is 0 Å². The lowest BCUT2D eigenvalue weighted by Crippen LogP contribution is -2.76. The van der Waals surface area contributed by atoms with Crippen LogP contribution in [0.4, 0.5) is 0 Å². The number of nitrogens with one attached hydrogen (secondary N) is 1. The van der Waals surface area contributed by atoms with E-state index in [0.717, 1.165) is 40.4 Å². The van der Waals surface area contributed by atoms with Crippen LogP contribution in [0.2, 0.25) is 0 Å². The molecule has 3 rings (SSSR count). The number of H-pyrrole nitrogens is 1. The van der Waals surface area contributed by atoms with Crippen molar-refractivity contribution in [2.45, 2.75) is 25.3 Å². The summed E-state index contributed by atoms with van der Waals surface area (Å²) < 4.78 is 5.91. The molecule has 0 aliphatic heterocycles. The summed E-state index contributed by atoms with van der Waals surface area (Å²) in [5.41, 5.74) is 7.68. The Bertz CT molecular complexity index is 850. The van der Waals surface area contributed by atoms with E-state index >= 15 is 0 Å². The molecule has 3 aromatic rings. The highest BCUT2D eigenvalue weighted by molar-refractivity contribution is 5.61. The molecule has 0 bridgehead atoms. The number of aliphatic hydroxyl groups excluding tert-OH is 2. The van der Waals surface area contributed by atoms with Gasteiger partial charge in [0, 0.05) is 17.8 Å². The average Bonchev–Trinajstić information content (AvgIpc) is 3.14. The first-order valence-corrected chi connectivity index (χ1v) is 9.11. The van der Waals surface area contributed by atoms with Crippen LogP contribution in [0.15, 0.2) is 60.7 Å². The SMILES string of the molecule is Cc1ccc(-c2ccc(Oc3ccc(CCC([NH3+])(CO)CO)cc3)cc2)[nH]1. The van der Waals surface area contributed by atoms with E-state index in [9.17, 15) is 10.2 Å². The lowest BCUT2D eigenvalue weighted by Gasteiger charge is -2.20.